The number of aromatic nitrogens is 3. The number of piperazine rings is 2. The molecule has 40 heavy (non-hydrogen) atoms. The molecule has 3 aromatic rings. The lowest BCUT2D eigenvalue weighted by Crippen LogP contribution is -2.48. The molecule has 7 nitrogen and oxygen atoms in total. The molecule has 2 bridgehead atoms. The monoisotopic (exact) mass is 575 g/mol. The summed E-state index contributed by atoms with van der Waals surface area (Å²) in [6.45, 7) is 6.71. The van der Waals surface area contributed by atoms with Gasteiger partial charge in [-0.15, -0.1) is 0 Å². The summed E-state index contributed by atoms with van der Waals surface area (Å²) in [7, 11) is 0. The van der Waals surface area contributed by atoms with Gasteiger partial charge in [-0.05, 0) is 49.7 Å². The third-order valence-electron chi connectivity index (χ3n) is 8.03. The number of nitrogens with zero attached hydrogens (tertiary/aromatic N) is 7. The topological polar surface area (TPSA) is 51.6 Å². The van der Waals surface area contributed by atoms with Crippen molar-refractivity contribution < 1.29 is 17.6 Å². The van der Waals surface area contributed by atoms with Gasteiger partial charge in [-0.25, -0.2) is 14.4 Å². The number of benzene rings is 1. The molecule has 1 aromatic carbocycles. The van der Waals surface area contributed by atoms with Crippen molar-refractivity contribution in [3.05, 3.63) is 59.0 Å². The van der Waals surface area contributed by atoms with E-state index in [1.165, 1.54) is 18.3 Å². The molecule has 212 valence electrons. The molecule has 0 saturated carbocycles. The standard InChI is InChI=1S/C28H30ClF4N7/c1-2-8-39-16-20-14-19(39)17-40(20)27-35-24(18-5-6-23(30)22(29)13-18)15-25(36-27)37-9-11-38(12-10-37)26-21(28(31,32)33)4-3-7-34-26/h3-7,13,15,19-20H,2,8-12,14,16-17H2,1H3/t19-,20-/m1/s1. The SMILES string of the molecule is CCCN1C[C@H]2C[C@@H]1CN2c1nc(-c2ccc(F)c(Cl)c2)cc(N2CCN(c3ncccc3C(F)(F)F)CC2)n1. The van der Waals surface area contributed by atoms with Crippen molar-refractivity contribution in [3.8, 4) is 11.3 Å². The van der Waals surface area contributed by atoms with Crippen LogP contribution in [0.4, 0.5) is 35.1 Å². The third kappa shape index (κ3) is 5.16. The summed E-state index contributed by atoms with van der Waals surface area (Å²) in [5.74, 6) is 0.745. The number of fused-ring (bicyclic) bond motifs is 2. The van der Waals surface area contributed by atoms with Crippen LogP contribution in [0.2, 0.25) is 5.02 Å². The predicted molar refractivity (Wildman–Crippen MR) is 148 cm³/mol. The molecule has 0 N–H and O–H groups in total. The first kappa shape index (κ1) is 27.0. The Labute approximate surface area is 235 Å². The predicted octanol–water partition coefficient (Wildman–Crippen LogP) is 5.35. The van der Waals surface area contributed by atoms with Crippen LogP contribution in [0, 0.1) is 5.82 Å². The fourth-order valence-corrected chi connectivity index (χ4v) is 6.27. The molecule has 3 fully saturated rings. The third-order valence-corrected chi connectivity index (χ3v) is 8.32. The number of halogens is 5. The second kappa shape index (κ2) is 10.7. The van der Waals surface area contributed by atoms with Gasteiger partial charge in [0.25, 0.3) is 0 Å². The number of hydrogen-bond acceptors (Lipinski definition) is 7. The molecule has 2 aromatic heterocycles. The number of anilines is 3. The Morgan fingerprint density at radius 3 is 2.42 bits per heavy atom. The maximum absolute atomic E-state index is 13.9. The molecular weight excluding hydrogens is 546 g/mol. The highest BCUT2D eigenvalue weighted by atomic mass is 35.5. The van der Waals surface area contributed by atoms with Gasteiger partial charge < -0.3 is 14.7 Å². The van der Waals surface area contributed by atoms with E-state index in [0.29, 0.717) is 61.3 Å². The molecule has 0 aliphatic carbocycles. The molecule has 3 aliphatic rings. The quantitative estimate of drug-likeness (QED) is 0.367. The maximum Gasteiger partial charge on any atom is 0.419 e. The van der Waals surface area contributed by atoms with Crippen LogP contribution >= 0.6 is 11.6 Å². The first-order valence-corrected chi connectivity index (χ1v) is 14.0. The van der Waals surface area contributed by atoms with Gasteiger partial charge in [0.05, 0.1) is 16.3 Å². The van der Waals surface area contributed by atoms with Crippen LogP contribution in [0.1, 0.15) is 25.3 Å². The van der Waals surface area contributed by atoms with E-state index in [1.807, 2.05) is 6.07 Å². The zero-order valence-corrected chi connectivity index (χ0v) is 22.8. The molecule has 0 unspecified atom stereocenters. The van der Waals surface area contributed by atoms with Gasteiger partial charge >= 0.3 is 6.18 Å². The number of hydrogen-bond donors (Lipinski definition) is 0. The van der Waals surface area contributed by atoms with Crippen molar-refractivity contribution in [2.45, 2.75) is 38.0 Å². The van der Waals surface area contributed by atoms with Crippen molar-refractivity contribution in [2.24, 2.45) is 0 Å². The van der Waals surface area contributed by atoms with Gasteiger partial charge in [-0.3, -0.25) is 4.90 Å². The van der Waals surface area contributed by atoms with Crippen molar-refractivity contribution in [1.29, 1.82) is 0 Å². The van der Waals surface area contributed by atoms with Crippen LogP contribution in [0.5, 0.6) is 0 Å². The number of alkyl halides is 3. The minimum atomic E-state index is -4.48. The lowest BCUT2D eigenvalue weighted by atomic mass is 10.1. The van der Waals surface area contributed by atoms with Crippen LogP contribution in [-0.4, -0.2) is 77.7 Å². The Morgan fingerprint density at radius 2 is 1.75 bits per heavy atom. The zero-order chi connectivity index (χ0) is 28.0. The highest BCUT2D eigenvalue weighted by Crippen LogP contribution is 2.37. The lowest BCUT2D eigenvalue weighted by molar-refractivity contribution is -0.137. The zero-order valence-electron chi connectivity index (χ0n) is 22.1. The van der Waals surface area contributed by atoms with Gasteiger partial charge in [0.15, 0.2) is 0 Å². The molecule has 12 heteroatoms. The summed E-state index contributed by atoms with van der Waals surface area (Å²) in [5.41, 5.74) is 0.571. The Kier molecular flexibility index (Phi) is 7.20. The van der Waals surface area contributed by atoms with Gasteiger partial charge in [0, 0.05) is 69.2 Å². The molecule has 3 saturated heterocycles. The lowest BCUT2D eigenvalue weighted by Gasteiger charge is -2.38. The van der Waals surface area contributed by atoms with Crippen LogP contribution in [-0.2, 0) is 6.18 Å². The number of rotatable bonds is 6. The van der Waals surface area contributed by atoms with Crippen LogP contribution in [0.3, 0.4) is 0 Å². The van der Waals surface area contributed by atoms with Crippen molar-refractivity contribution in [2.75, 3.05) is 60.5 Å². The summed E-state index contributed by atoms with van der Waals surface area (Å²) in [4.78, 5) is 22.4. The number of likely N-dealkylation sites (tertiary alicyclic amines) is 1. The Morgan fingerprint density at radius 1 is 0.975 bits per heavy atom. The Hall–Kier alpha value is -3.18. The van der Waals surface area contributed by atoms with Crippen LogP contribution in [0.15, 0.2) is 42.6 Å². The second-order valence-electron chi connectivity index (χ2n) is 10.6. The first-order valence-electron chi connectivity index (χ1n) is 13.6. The fraction of sp³-hybridized carbons (Fsp3) is 0.464. The van der Waals surface area contributed by atoms with E-state index in [4.69, 9.17) is 21.6 Å². The highest BCUT2D eigenvalue weighted by molar-refractivity contribution is 6.31. The molecule has 0 spiro atoms. The summed E-state index contributed by atoms with van der Waals surface area (Å²) in [6.07, 6.45) is -0.913. The largest absolute Gasteiger partial charge is 0.419 e. The molecule has 0 radical (unpaired) electrons. The van der Waals surface area contributed by atoms with E-state index >= 15 is 0 Å². The van der Waals surface area contributed by atoms with Gasteiger partial charge in [-0.1, -0.05) is 18.5 Å². The average Bonchev–Trinajstić information content (AvgIpc) is 3.55. The Bertz CT molecular complexity index is 1380. The maximum atomic E-state index is 13.9. The van der Waals surface area contributed by atoms with E-state index < -0.39 is 17.6 Å². The minimum absolute atomic E-state index is 0.0130. The summed E-state index contributed by atoms with van der Waals surface area (Å²) in [5, 5.41) is 0.0130. The van der Waals surface area contributed by atoms with Gasteiger partial charge in [-0.2, -0.15) is 18.2 Å². The van der Waals surface area contributed by atoms with E-state index in [2.05, 4.69) is 26.6 Å². The van der Waals surface area contributed by atoms with Crippen molar-refractivity contribution in [3.63, 3.8) is 0 Å². The van der Waals surface area contributed by atoms with Gasteiger partial charge in [0.1, 0.15) is 17.5 Å². The van der Waals surface area contributed by atoms with E-state index in [9.17, 15) is 17.6 Å². The Balaban J connectivity index is 1.28. The van der Waals surface area contributed by atoms with Crippen molar-refractivity contribution >= 4 is 29.2 Å². The van der Waals surface area contributed by atoms with Crippen LogP contribution < -0.4 is 14.7 Å². The smallest absolute Gasteiger partial charge is 0.353 e. The van der Waals surface area contributed by atoms with Gasteiger partial charge in [0.2, 0.25) is 5.95 Å². The molecule has 5 heterocycles. The van der Waals surface area contributed by atoms with Crippen molar-refractivity contribution in [1.82, 2.24) is 19.9 Å². The summed E-state index contributed by atoms with van der Waals surface area (Å²) in [6, 6.07) is 9.53. The minimum Gasteiger partial charge on any atom is -0.353 e. The van der Waals surface area contributed by atoms with E-state index in [1.54, 1.807) is 17.0 Å². The summed E-state index contributed by atoms with van der Waals surface area (Å²) >= 11 is 6.10. The molecule has 2 atom stereocenters. The first-order chi connectivity index (χ1) is 19.2. The second-order valence-corrected chi connectivity index (χ2v) is 11.0. The highest BCUT2D eigenvalue weighted by Gasteiger charge is 2.44. The molecule has 0 amide bonds. The molecule has 3 aliphatic heterocycles. The normalized spacial score (nSPS) is 21.5. The number of pyridine rings is 1. The fourth-order valence-electron chi connectivity index (χ4n) is 6.09. The average molecular weight is 576 g/mol. The summed E-state index contributed by atoms with van der Waals surface area (Å²) < 4.78 is 54.7. The molecule has 6 rings (SSSR count). The van der Waals surface area contributed by atoms with E-state index in [-0.39, 0.29) is 10.8 Å². The van der Waals surface area contributed by atoms with E-state index in [0.717, 1.165) is 38.5 Å². The molecular formula is C28H30ClF4N7. The van der Waals surface area contributed by atoms with Crippen LogP contribution in [0.25, 0.3) is 11.3 Å².